The van der Waals surface area contributed by atoms with E-state index in [-0.39, 0.29) is 5.69 Å². The average molecular weight is 351 g/mol. The predicted octanol–water partition coefficient (Wildman–Crippen LogP) is 3.32. The monoisotopic (exact) mass is 351 g/mol. The number of nitrogens with zero attached hydrogens (tertiary/aromatic N) is 2. The van der Waals surface area contributed by atoms with Crippen LogP contribution in [0.4, 0.5) is 5.69 Å². The predicted molar refractivity (Wildman–Crippen MR) is 101 cm³/mol. The third kappa shape index (κ3) is 3.15. The van der Waals surface area contributed by atoms with Gasteiger partial charge in [0.05, 0.1) is 17.5 Å². The standard InChI is InChI=1S/C20H21N3O3/c24-23(25)15-4-3-5-16(14-15)26-13-12-22-19-7-2-1-6-17(19)18-8-10-21-11-9-20(18)22/h1-7,14,21H,8-13H2. The highest BCUT2D eigenvalue weighted by Crippen LogP contribution is 2.28. The van der Waals surface area contributed by atoms with Crippen LogP contribution in [0.1, 0.15) is 11.3 Å². The summed E-state index contributed by atoms with van der Waals surface area (Å²) in [7, 11) is 0. The zero-order valence-electron chi connectivity index (χ0n) is 14.5. The summed E-state index contributed by atoms with van der Waals surface area (Å²) in [6.45, 7) is 3.18. The van der Waals surface area contributed by atoms with Gasteiger partial charge >= 0.3 is 0 Å². The van der Waals surface area contributed by atoms with Crippen LogP contribution in [-0.2, 0) is 19.4 Å². The molecule has 0 saturated heterocycles. The Morgan fingerprint density at radius 1 is 1.12 bits per heavy atom. The van der Waals surface area contributed by atoms with E-state index in [4.69, 9.17) is 4.74 Å². The molecule has 6 heteroatoms. The van der Waals surface area contributed by atoms with Gasteiger partial charge in [-0.05, 0) is 30.7 Å². The van der Waals surface area contributed by atoms with E-state index >= 15 is 0 Å². The van der Waals surface area contributed by atoms with E-state index in [1.165, 1.54) is 34.3 Å². The Labute approximate surface area is 151 Å². The van der Waals surface area contributed by atoms with Gasteiger partial charge in [-0.3, -0.25) is 10.1 Å². The second-order valence-corrected chi connectivity index (χ2v) is 6.45. The van der Waals surface area contributed by atoms with Gasteiger partial charge in [0, 0.05) is 35.6 Å². The van der Waals surface area contributed by atoms with E-state index in [1.807, 2.05) is 0 Å². The minimum Gasteiger partial charge on any atom is -0.491 e. The summed E-state index contributed by atoms with van der Waals surface area (Å²) in [5.74, 6) is 0.531. The van der Waals surface area contributed by atoms with Crippen LogP contribution in [0.3, 0.4) is 0 Å². The minimum absolute atomic E-state index is 0.0499. The van der Waals surface area contributed by atoms with Crippen LogP contribution in [0.2, 0.25) is 0 Å². The molecule has 3 aromatic rings. The summed E-state index contributed by atoms with van der Waals surface area (Å²) in [5, 5.41) is 15.7. The largest absolute Gasteiger partial charge is 0.491 e. The molecule has 2 heterocycles. The van der Waals surface area contributed by atoms with E-state index in [0.29, 0.717) is 12.4 Å². The molecule has 0 bridgehead atoms. The fourth-order valence-corrected chi connectivity index (χ4v) is 3.73. The van der Waals surface area contributed by atoms with Gasteiger partial charge in [-0.2, -0.15) is 0 Å². The molecule has 1 aromatic heterocycles. The number of non-ortho nitro benzene ring substituents is 1. The molecule has 1 aliphatic heterocycles. The molecule has 0 unspecified atom stereocenters. The molecule has 1 aliphatic rings. The molecule has 1 N–H and O–H groups in total. The smallest absolute Gasteiger partial charge is 0.273 e. The zero-order valence-corrected chi connectivity index (χ0v) is 14.5. The molecule has 26 heavy (non-hydrogen) atoms. The molecule has 6 nitrogen and oxygen atoms in total. The molecule has 0 fully saturated rings. The van der Waals surface area contributed by atoms with Crippen LogP contribution in [0.15, 0.2) is 48.5 Å². The lowest BCUT2D eigenvalue weighted by Gasteiger charge is -2.12. The number of benzene rings is 2. The molecule has 0 atom stereocenters. The number of fused-ring (bicyclic) bond motifs is 3. The van der Waals surface area contributed by atoms with Crippen molar-refractivity contribution in [3.8, 4) is 5.75 Å². The minimum atomic E-state index is -0.404. The first-order chi connectivity index (χ1) is 12.7. The highest BCUT2D eigenvalue weighted by atomic mass is 16.6. The molecule has 2 aromatic carbocycles. The van der Waals surface area contributed by atoms with Crippen molar-refractivity contribution < 1.29 is 9.66 Å². The first kappa shape index (κ1) is 16.6. The van der Waals surface area contributed by atoms with Gasteiger partial charge in [0.25, 0.3) is 5.69 Å². The normalized spacial score (nSPS) is 14.0. The van der Waals surface area contributed by atoms with Crippen LogP contribution in [0.25, 0.3) is 10.9 Å². The van der Waals surface area contributed by atoms with Gasteiger partial charge < -0.3 is 14.6 Å². The second-order valence-electron chi connectivity index (χ2n) is 6.45. The topological polar surface area (TPSA) is 69.3 Å². The summed E-state index contributed by atoms with van der Waals surface area (Å²) in [6.07, 6.45) is 2.04. The van der Waals surface area contributed by atoms with Gasteiger partial charge in [-0.1, -0.05) is 24.3 Å². The fraction of sp³-hybridized carbons (Fsp3) is 0.300. The average Bonchev–Trinajstić information content (AvgIpc) is 2.81. The number of nitrogens with one attached hydrogen (secondary N) is 1. The zero-order chi connectivity index (χ0) is 17.9. The van der Waals surface area contributed by atoms with E-state index < -0.39 is 4.92 Å². The molecule has 0 spiro atoms. The Morgan fingerprint density at radius 3 is 2.85 bits per heavy atom. The summed E-state index contributed by atoms with van der Waals surface area (Å²) in [6, 6.07) is 14.9. The maximum absolute atomic E-state index is 10.9. The van der Waals surface area contributed by atoms with Crippen molar-refractivity contribution in [2.45, 2.75) is 19.4 Å². The highest BCUT2D eigenvalue weighted by Gasteiger charge is 2.18. The third-order valence-corrected chi connectivity index (χ3v) is 4.90. The molecular weight excluding hydrogens is 330 g/mol. The highest BCUT2D eigenvalue weighted by molar-refractivity contribution is 5.85. The number of hydrogen-bond donors (Lipinski definition) is 1. The molecular formula is C20H21N3O3. The maximum atomic E-state index is 10.9. The lowest BCUT2D eigenvalue weighted by atomic mass is 10.1. The van der Waals surface area contributed by atoms with Crippen LogP contribution < -0.4 is 10.1 Å². The molecule has 134 valence electrons. The van der Waals surface area contributed by atoms with Crippen molar-refractivity contribution in [2.75, 3.05) is 19.7 Å². The van der Waals surface area contributed by atoms with Gasteiger partial charge in [-0.15, -0.1) is 0 Å². The van der Waals surface area contributed by atoms with E-state index in [2.05, 4.69) is 34.1 Å². The van der Waals surface area contributed by atoms with Crippen molar-refractivity contribution in [1.82, 2.24) is 9.88 Å². The van der Waals surface area contributed by atoms with Crippen molar-refractivity contribution in [2.24, 2.45) is 0 Å². The Morgan fingerprint density at radius 2 is 1.96 bits per heavy atom. The van der Waals surface area contributed by atoms with Crippen molar-refractivity contribution in [3.05, 3.63) is 69.9 Å². The number of ether oxygens (including phenoxy) is 1. The van der Waals surface area contributed by atoms with Gasteiger partial charge in [0.15, 0.2) is 0 Å². The first-order valence-electron chi connectivity index (χ1n) is 8.91. The number of rotatable bonds is 5. The Bertz CT molecular complexity index is 949. The molecule has 4 rings (SSSR count). The Kier molecular flexibility index (Phi) is 4.58. The molecule has 0 amide bonds. The van der Waals surface area contributed by atoms with Crippen molar-refractivity contribution in [3.63, 3.8) is 0 Å². The maximum Gasteiger partial charge on any atom is 0.273 e. The van der Waals surface area contributed by atoms with Crippen LogP contribution in [0, 0.1) is 10.1 Å². The third-order valence-electron chi connectivity index (χ3n) is 4.90. The fourth-order valence-electron chi connectivity index (χ4n) is 3.73. The number of nitro benzene ring substituents is 1. The van der Waals surface area contributed by atoms with E-state index in [9.17, 15) is 10.1 Å². The molecule has 0 radical (unpaired) electrons. The Hall–Kier alpha value is -2.86. The number of para-hydroxylation sites is 1. The summed E-state index contributed by atoms with van der Waals surface area (Å²) in [5.41, 5.74) is 4.09. The first-order valence-corrected chi connectivity index (χ1v) is 8.91. The van der Waals surface area contributed by atoms with Gasteiger partial charge in [0.2, 0.25) is 0 Å². The quantitative estimate of drug-likeness (QED) is 0.565. The summed E-state index contributed by atoms with van der Waals surface area (Å²) >= 11 is 0. The summed E-state index contributed by atoms with van der Waals surface area (Å²) in [4.78, 5) is 10.5. The summed E-state index contributed by atoms with van der Waals surface area (Å²) < 4.78 is 8.14. The van der Waals surface area contributed by atoms with Crippen molar-refractivity contribution in [1.29, 1.82) is 0 Å². The Balaban J connectivity index is 1.57. The van der Waals surface area contributed by atoms with Gasteiger partial charge in [0.1, 0.15) is 12.4 Å². The van der Waals surface area contributed by atoms with Crippen LogP contribution in [0.5, 0.6) is 5.75 Å². The second kappa shape index (κ2) is 7.17. The van der Waals surface area contributed by atoms with E-state index in [0.717, 1.165) is 32.5 Å². The van der Waals surface area contributed by atoms with Crippen LogP contribution in [-0.4, -0.2) is 29.2 Å². The van der Waals surface area contributed by atoms with E-state index in [1.54, 1.807) is 12.1 Å². The number of hydrogen-bond acceptors (Lipinski definition) is 4. The number of nitro groups is 1. The lowest BCUT2D eigenvalue weighted by molar-refractivity contribution is -0.384. The van der Waals surface area contributed by atoms with Crippen molar-refractivity contribution >= 4 is 16.6 Å². The number of aromatic nitrogens is 1. The molecule has 0 saturated carbocycles. The van der Waals surface area contributed by atoms with Gasteiger partial charge in [-0.25, -0.2) is 0 Å². The lowest BCUT2D eigenvalue weighted by Crippen LogP contribution is -2.18. The SMILES string of the molecule is O=[N+]([O-])c1cccc(OCCn2c3c(c4ccccc42)CCNCC3)c1. The molecule has 0 aliphatic carbocycles. The van der Waals surface area contributed by atoms with Crippen LogP contribution >= 0.6 is 0 Å².